The molecule has 0 saturated carbocycles. The fourth-order valence-electron chi connectivity index (χ4n) is 2.60. The number of ether oxygens (including phenoxy) is 1. The lowest BCUT2D eigenvalue weighted by Crippen LogP contribution is -2.50. The molecule has 1 fully saturated rings. The van der Waals surface area contributed by atoms with Gasteiger partial charge in [0.05, 0.1) is 6.61 Å². The number of methoxy groups -OCH3 is 1. The normalized spacial score (nSPS) is 18.4. The van der Waals surface area contributed by atoms with Gasteiger partial charge in [-0.05, 0) is 37.6 Å². The largest absolute Gasteiger partial charge is 0.383 e. The summed E-state index contributed by atoms with van der Waals surface area (Å²) < 4.78 is 5.07. The summed E-state index contributed by atoms with van der Waals surface area (Å²) in [7, 11) is 1.67. The summed E-state index contributed by atoms with van der Waals surface area (Å²) in [6, 6.07) is 6.68. The van der Waals surface area contributed by atoms with E-state index >= 15 is 0 Å². The number of hydrogen-bond acceptors (Lipinski definition) is 4. The quantitative estimate of drug-likeness (QED) is 0.798. The summed E-state index contributed by atoms with van der Waals surface area (Å²) in [4.78, 5) is 26.2. The van der Waals surface area contributed by atoms with Crippen LogP contribution in [0.15, 0.2) is 24.3 Å². The van der Waals surface area contributed by atoms with Crippen LogP contribution in [0.4, 0.5) is 5.69 Å². The van der Waals surface area contributed by atoms with Crippen molar-refractivity contribution in [2.75, 3.05) is 38.7 Å². The van der Waals surface area contributed by atoms with E-state index in [0.29, 0.717) is 17.3 Å². The molecule has 7 heteroatoms. The maximum absolute atomic E-state index is 12.0. The molecule has 1 aromatic carbocycles. The molecular formula is C16H22ClN3O3. The van der Waals surface area contributed by atoms with Gasteiger partial charge in [0, 0.05) is 37.0 Å². The van der Waals surface area contributed by atoms with E-state index < -0.39 is 11.8 Å². The second-order valence-corrected chi connectivity index (χ2v) is 6.01. The first kappa shape index (κ1) is 17.7. The highest BCUT2D eigenvalue weighted by Crippen LogP contribution is 2.15. The number of rotatable bonds is 5. The van der Waals surface area contributed by atoms with Gasteiger partial charge in [-0.1, -0.05) is 17.7 Å². The maximum Gasteiger partial charge on any atom is 0.313 e. The fourth-order valence-corrected chi connectivity index (χ4v) is 2.79. The summed E-state index contributed by atoms with van der Waals surface area (Å²) in [6.45, 7) is 3.22. The van der Waals surface area contributed by atoms with Crippen molar-refractivity contribution in [3.8, 4) is 0 Å². The second-order valence-electron chi connectivity index (χ2n) is 5.57. The lowest BCUT2D eigenvalue weighted by molar-refractivity contribution is -0.136. The first-order chi connectivity index (χ1) is 11.1. The van der Waals surface area contributed by atoms with Crippen LogP contribution in [0.1, 0.15) is 12.8 Å². The van der Waals surface area contributed by atoms with Crippen molar-refractivity contribution < 1.29 is 14.3 Å². The number of nitrogens with one attached hydrogen (secondary N) is 2. The Balaban J connectivity index is 1.82. The molecule has 2 N–H and O–H groups in total. The predicted octanol–water partition coefficient (Wildman–Crippen LogP) is 1.51. The van der Waals surface area contributed by atoms with E-state index in [1.807, 2.05) is 0 Å². The van der Waals surface area contributed by atoms with Crippen molar-refractivity contribution in [2.24, 2.45) is 0 Å². The Labute approximate surface area is 141 Å². The molecular weight excluding hydrogens is 318 g/mol. The summed E-state index contributed by atoms with van der Waals surface area (Å²) >= 11 is 5.85. The van der Waals surface area contributed by atoms with Crippen LogP contribution in [0.25, 0.3) is 0 Å². The molecule has 1 aliphatic rings. The van der Waals surface area contributed by atoms with Crippen molar-refractivity contribution in [3.05, 3.63) is 29.3 Å². The predicted molar refractivity (Wildman–Crippen MR) is 89.6 cm³/mol. The third kappa shape index (κ3) is 5.82. The monoisotopic (exact) mass is 339 g/mol. The Morgan fingerprint density at radius 2 is 2.22 bits per heavy atom. The Morgan fingerprint density at radius 1 is 1.39 bits per heavy atom. The molecule has 0 aromatic heterocycles. The number of hydrogen-bond donors (Lipinski definition) is 2. The average Bonchev–Trinajstić information content (AvgIpc) is 2.53. The van der Waals surface area contributed by atoms with Gasteiger partial charge in [0.2, 0.25) is 0 Å². The molecule has 6 nitrogen and oxygen atoms in total. The number of carbonyl (C=O) groups excluding carboxylic acids is 2. The number of amides is 2. The maximum atomic E-state index is 12.0. The van der Waals surface area contributed by atoms with Crippen LogP contribution in [0, 0.1) is 0 Å². The van der Waals surface area contributed by atoms with E-state index in [9.17, 15) is 9.59 Å². The first-order valence-electron chi connectivity index (χ1n) is 7.67. The number of piperidine rings is 1. The zero-order chi connectivity index (χ0) is 16.7. The molecule has 126 valence electrons. The molecule has 0 bridgehead atoms. The van der Waals surface area contributed by atoms with Gasteiger partial charge in [0.15, 0.2) is 0 Å². The molecule has 1 aromatic rings. The van der Waals surface area contributed by atoms with Crippen molar-refractivity contribution in [3.63, 3.8) is 0 Å². The number of nitrogens with zero attached hydrogens (tertiary/aromatic N) is 1. The molecule has 1 aliphatic heterocycles. The molecule has 0 unspecified atom stereocenters. The van der Waals surface area contributed by atoms with Crippen LogP contribution in [0.2, 0.25) is 5.02 Å². The van der Waals surface area contributed by atoms with Crippen molar-refractivity contribution in [1.29, 1.82) is 0 Å². The molecule has 1 atom stereocenters. The topological polar surface area (TPSA) is 70.7 Å². The van der Waals surface area contributed by atoms with Crippen LogP contribution in [0.5, 0.6) is 0 Å². The molecule has 0 radical (unpaired) electrons. The average molecular weight is 340 g/mol. The highest BCUT2D eigenvalue weighted by molar-refractivity contribution is 6.40. The van der Waals surface area contributed by atoms with E-state index in [1.54, 1.807) is 31.4 Å². The minimum Gasteiger partial charge on any atom is -0.383 e. The molecule has 2 amide bonds. The highest BCUT2D eigenvalue weighted by atomic mass is 35.5. The number of likely N-dealkylation sites (tertiary alicyclic amines) is 1. The van der Waals surface area contributed by atoms with E-state index in [0.717, 1.165) is 32.5 Å². The zero-order valence-electron chi connectivity index (χ0n) is 13.2. The smallest absolute Gasteiger partial charge is 0.313 e. The molecule has 2 rings (SSSR count). The Kier molecular flexibility index (Phi) is 6.83. The van der Waals surface area contributed by atoms with Crippen LogP contribution < -0.4 is 10.6 Å². The molecule has 0 aliphatic carbocycles. The van der Waals surface area contributed by atoms with Gasteiger partial charge in [-0.2, -0.15) is 0 Å². The van der Waals surface area contributed by atoms with Crippen LogP contribution in [0.3, 0.4) is 0 Å². The fraction of sp³-hybridized carbons (Fsp3) is 0.500. The van der Waals surface area contributed by atoms with Crippen LogP contribution in [-0.2, 0) is 14.3 Å². The van der Waals surface area contributed by atoms with Gasteiger partial charge in [0.1, 0.15) is 0 Å². The van der Waals surface area contributed by atoms with E-state index in [2.05, 4.69) is 15.5 Å². The first-order valence-corrected chi connectivity index (χ1v) is 8.05. The third-order valence-corrected chi connectivity index (χ3v) is 3.98. The van der Waals surface area contributed by atoms with Gasteiger partial charge < -0.3 is 15.4 Å². The molecule has 1 saturated heterocycles. The third-order valence-electron chi connectivity index (χ3n) is 3.74. The Morgan fingerprint density at radius 3 is 2.96 bits per heavy atom. The Bertz CT molecular complexity index is 553. The number of benzene rings is 1. The summed E-state index contributed by atoms with van der Waals surface area (Å²) in [5.41, 5.74) is 0.503. The summed E-state index contributed by atoms with van der Waals surface area (Å²) in [5, 5.41) is 5.85. The SMILES string of the molecule is COCCN1CCC[C@@H](NC(=O)C(=O)Nc2cccc(Cl)c2)C1. The van der Waals surface area contributed by atoms with Gasteiger partial charge >= 0.3 is 11.8 Å². The molecule has 23 heavy (non-hydrogen) atoms. The zero-order valence-corrected chi connectivity index (χ0v) is 13.9. The summed E-state index contributed by atoms with van der Waals surface area (Å²) in [5.74, 6) is -1.30. The standard InChI is InChI=1S/C16H22ClN3O3/c1-23-9-8-20-7-3-6-14(11-20)19-16(22)15(21)18-13-5-2-4-12(17)10-13/h2,4-5,10,14H,3,6-9,11H2,1H3,(H,18,21)(H,19,22)/t14-/m1/s1. The summed E-state index contributed by atoms with van der Waals surface area (Å²) in [6.07, 6.45) is 1.87. The van der Waals surface area contributed by atoms with Crippen molar-refractivity contribution in [2.45, 2.75) is 18.9 Å². The molecule has 1 heterocycles. The number of carbonyl (C=O) groups is 2. The Hall–Kier alpha value is -1.63. The second kappa shape index (κ2) is 8.86. The van der Waals surface area contributed by atoms with Gasteiger partial charge in [-0.3, -0.25) is 14.5 Å². The number of anilines is 1. The van der Waals surface area contributed by atoms with E-state index in [1.165, 1.54) is 0 Å². The van der Waals surface area contributed by atoms with Crippen molar-refractivity contribution >= 4 is 29.1 Å². The minimum absolute atomic E-state index is 0.0155. The van der Waals surface area contributed by atoms with Crippen LogP contribution >= 0.6 is 11.6 Å². The lowest BCUT2D eigenvalue weighted by atomic mass is 10.1. The highest BCUT2D eigenvalue weighted by Gasteiger charge is 2.23. The van der Waals surface area contributed by atoms with E-state index in [4.69, 9.17) is 16.3 Å². The number of halogens is 1. The molecule has 0 spiro atoms. The van der Waals surface area contributed by atoms with Gasteiger partial charge in [0.25, 0.3) is 0 Å². The minimum atomic E-state index is -0.679. The van der Waals surface area contributed by atoms with Gasteiger partial charge in [-0.15, -0.1) is 0 Å². The lowest BCUT2D eigenvalue weighted by Gasteiger charge is -2.32. The van der Waals surface area contributed by atoms with Crippen LogP contribution in [-0.4, -0.2) is 56.1 Å². The van der Waals surface area contributed by atoms with Gasteiger partial charge in [-0.25, -0.2) is 0 Å². The van der Waals surface area contributed by atoms with E-state index in [-0.39, 0.29) is 6.04 Å². The van der Waals surface area contributed by atoms with Crippen molar-refractivity contribution in [1.82, 2.24) is 10.2 Å².